The molecule has 1 saturated heterocycles. The zero-order valence-electron chi connectivity index (χ0n) is 11.1. The number of thiocarbonyl (C=S) groups is 1. The van der Waals surface area contributed by atoms with Crippen molar-refractivity contribution in [1.82, 2.24) is 0 Å². The number of benzene rings is 2. The molecular formula is C16H9Br2NOS2. The monoisotopic (exact) mass is 453 g/mol. The molecule has 1 fully saturated rings. The Morgan fingerprint density at radius 3 is 2.45 bits per heavy atom. The van der Waals surface area contributed by atoms with Crippen molar-refractivity contribution in [2.24, 2.45) is 0 Å². The van der Waals surface area contributed by atoms with E-state index in [4.69, 9.17) is 12.2 Å². The molecular weight excluding hydrogens is 446 g/mol. The third kappa shape index (κ3) is 3.35. The lowest BCUT2D eigenvalue weighted by atomic mass is 10.2. The van der Waals surface area contributed by atoms with E-state index in [0.29, 0.717) is 9.23 Å². The van der Waals surface area contributed by atoms with Crippen molar-refractivity contribution in [3.8, 4) is 0 Å². The summed E-state index contributed by atoms with van der Waals surface area (Å²) < 4.78 is 2.47. The molecule has 0 N–H and O–H groups in total. The number of nitrogens with zero attached hydrogens (tertiary/aromatic N) is 1. The van der Waals surface area contributed by atoms with Crippen LogP contribution in [0.2, 0.25) is 0 Å². The molecule has 0 aliphatic carbocycles. The summed E-state index contributed by atoms with van der Waals surface area (Å²) in [5.74, 6) is -0.0870. The molecule has 6 heteroatoms. The Bertz CT molecular complexity index is 787. The Hall–Kier alpha value is -0.950. The number of halogens is 2. The first-order valence-corrected chi connectivity index (χ1v) is 9.15. The number of thioether (sulfide) groups is 1. The lowest BCUT2D eigenvalue weighted by Gasteiger charge is -2.14. The van der Waals surface area contributed by atoms with E-state index in [-0.39, 0.29) is 5.91 Å². The third-order valence-electron chi connectivity index (χ3n) is 3.03. The normalized spacial score (nSPS) is 16.6. The summed E-state index contributed by atoms with van der Waals surface area (Å²) in [4.78, 5) is 14.8. The fraction of sp³-hybridized carbons (Fsp3) is 0. The van der Waals surface area contributed by atoms with Gasteiger partial charge in [0.15, 0.2) is 4.32 Å². The molecule has 22 heavy (non-hydrogen) atoms. The molecule has 0 atom stereocenters. The second-order valence-electron chi connectivity index (χ2n) is 4.55. The van der Waals surface area contributed by atoms with Gasteiger partial charge in [0.2, 0.25) is 0 Å². The van der Waals surface area contributed by atoms with Crippen LogP contribution in [0.4, 0.5) is 5.69 Å². The highest BCUT2D eigenvalue weighted by Gasteiger charge is 2.33. The van der Waals surface area contributed by atoms with Crippen molar-refractivity contribution in [2.45, 2.75) is 0 Å². The minimum Gasteiger partial charge on any atom is -0.268 e. The molecule has 1 amide bonds. The molecule has 0 aromatic heterocycles. The van der Waals surface area contributed by atoms with Crippen molar-refractivity contribution in [3.05, 3.63) is 67.9 Å². The van der Waals surface area contributed by atoms with E-state index in [0.717, 1.165) is 20.2 Å². The summed E-state index contributed by atoms with van der Waals surface area (Å²) >= 11 is 13.5. The lowest BCUT2D eigenvalue weighted by Crippen LogP contribution is -2.27. The summed E-state index contributed by atoms with van der Waals surface area (Å²) in [5.41, 5.74) is 1.74. The van der Waals surface area contributed by atoms with E-state index in [1.54, 1.807) is 4.90 Å². The zero-order valence-corrected chi connectivity index (χ0v) is 15.9. The Morgan fingerprint density at radius 1 is 1.05 bits per heavy atom. The van der Waals surface area contributed by atoms with Gasteiger partial charge >= 0.3 is 0 Å². The number of hydrogen-bond acceptors (Lipinski definition) is 3. The molecule has 3 rings (SSSR count). The number of rotatable bonds is 2. The van der Waals surface area contributed by atoms with Gasteiger partial charge in [-0.15, -0.1) is 0 Å². The van der Waals surface area contributed by atoms with E-state index in [2.05, 4.69) is 31.9 Å². The van der Waals surface area contributed by atoms with Crippen LogP contribution in [-0.2, 0) is 4.79 Å². The van der Waals surface area contributed by atoms with Crippen LogP contribution >= 0.6 is 55.8 Å². The van der Waals surface area contributed by atoms with Crippen LogP contribution in [0.3, 0.4) is 0 Å². The van der Waals surface area contributed by atoms with Gasteiger partial charge in [-0.1, -0.05) is 74.0 Å². The van der Waals surface area contributed by atoms with Crippen molar-refractivity contribution < 1.29 is 4.79 Å². The maximum absolute atomic E-state index is 12.6. The highest BCUT2D eigenvalue weighted by atomic mass is 79.9. The van der Waals surface area contributed by atoms with E-state index in [1.807, 2.05) is 54.6 Å². The predicted molar refractivity (Wildman–Crippen MR) is 104 cm³/mol. The number of anilines is 1. The zero-order chi connectivity index (χ0) is 15.7. The summed E-state index contributed by atoms with van der Waals surface area (Å²) in [7, 11) is 0. The quantitative estimate of drug-likeness (QED) is 0.434. The minimum absolute atomic E-state index is 0.0870. The van der Waals surface area contributed by atoms with E-state index in [1.165, 1.54) is 11.8 Å². The average molecular weight is 455 g/mol. The van der Waals surface area contributed by atoms with Crippen LogP contribution in [0.5, 0.6) is 0 Å². The molecule has 0 bridgehead atoms. The van der Waals surface area contributed by atoms with Gasteiger partial charge in [-0.05, 0) is 42.0 Å². The third-order valence-corrected chi connectivity index (χ3v) is 5.35. The highest BCUT2D eigenvalue weighted by Crippen LogP contribution is 2.36. The SMILES string of the molecule is O=C1/C(=C\c2ccc(Br)cc2)SC(=S)N1c1cccc(Br)c1. The van der Waals surface area contributed by atoms with Crippen molar-refractivity contribution >= 4 is 77.8 Å². The van der Waals surface area contributed by atoms with Gasteiger partial charge in [-0.2, -0.15) is 0 Å². The van der Waals surface area contributed by atoms with Crippen LogP contribution in [0.15, 0.2) is 62.4 Å². The predicted octanol–water partition coefficient (Wildman–Crippen LogP) is 5.62. The van der Waals surface area contributed by atoms with Crippen LogP contribution in [0, 0.1) is 0 Å². The molecule has 110 valence electrons. The maximum atomic E-state index is 12.6. The molecule has 2 aromatic rings. The second-order valence-corrected chi connectivity index (χ2v) is 8.06. The van der Waals surface area contributed by atoms with Crippen molar-refractivity contribution in [3.63, 3.8) is 0 Å². The fourth-order valence-corrected chi connectivity index (χ4v) is 3.97. The van der Waals surface area contributed by atoms with Crippen LogP contribution in [0.1, 0.15) is 5.56 Å². The average Bonchev–Trinajstić information content (AvgIpc) is 2.76. The topological polar surface area (TPSA) is 20.3 Å². The van der Waals surface area contributed by atoms with Gasteiger partial charge in [0.05, 0.1) is 10.6 Å². The molecule has 0 unspecified atom stereocenters. The van der Waals surface area contributed by atoms with Gasteiger partial charge in [-0.3, -0.25) is 9.69 Å². The first-order valence-electron chi connectivity index (χ1n) is 6.34. The van der Waals surface area contributed by atoms with E-state index >= 15 is 0 Å². The van der Waals surface area contributed by atoms with Gasteiger partial charge in [0.25, 0.3) is 5.91 Å². The summed E-state index contributed by atoms with van der Waals surface area (Å²) in [5, 5.41) is 0. The van der Waals surface area contributed by atoms with E-state index < -0.39 is 0 Å². The van der Waals surface area contributed by atoms with Gasteiger partial charge in [-0.25, -0.2) is 0 Å². The first kappa shape index (κ1) is 15.9. The summed E-state index contributed by atoms with van der Waals surface area (Å²) in [6.07, 6.45) is 1.86. The molecule has 2 aromatic carbocycles. The molecule has 0 saturated carbocycles. The Labute approximate surface area is 154 Å². The Kier molecular flexibility index (Phi) is 4.82. The highest BCUT2D eigenvalue weighted by molar-refractivity contribution is 9.10. The first-order chi connectivity index (χ1) is 10.5. The summed E-state index contributed by atoms with van der Waals surface area (Å²) in [6, 6.07) is 15.4. The Morgan fingerprint density at radius 2 is 1.77 bits per heavy atom. The summed E-state index contributed by atoms with van der Waals surface area (Å²) in [6.45, 7) is 0. The van der Waals surface area contributed by atoms with Crippen molar-refractivity contribution in [1.29, 1.82) is 0 Å². The van der Waals surface area contributed by atoms with Gasteiger partial charge < -0.3 is 0 Å². The lowest BCUT2D eigenvalue weighted by molar-refractivity contribution is -0.113. The fourth-order valence-electron chi connectivity index (χ4n) is 2.02. The standard InChI is InChI=1S/C16H9Br2NOS2/c17-11-6-4-10(5-7-11)8-14-15(20)19(16(21)22-14)13-3-1-2-12(18)9-13/h1-9H/b14-8+. The van der Waals surface area contributed by atoms with Crippen molar-refractivity contribution in [2.75, 3.05) is 4.90 Å². The number of amides is 1. The largest absolute Gasteiger partial charge is 0.270 e. The number of carbonyl (C=O) groups is 1. The van der Waals surface area contributed by atoms with Crippen LogP contribution in [-0.4, -0.2) is 10.2 Å². The van der Waals surface area contributed by atoms with E-state index in [9.17, 15) is 4.79 Å². The number of carbonyl (C=O) groups excluding carboxylic acids is 1. The number of hydrogen-bond donors (Lipinski definition) is 0. The van der Waals surface area contributed by atoms with Crippen LogP contribution < -0.4 is 4.90 Å². The maximum Gasteiger partial charge on any atom is 0.270 e. The minimum atomic E-state index is -0.0870. The molecule has 1 aliphatic rings. The van der Waals surface area contributed by atoms with Gasteiger partial charge in [0.1, 0.15) is 0 Å². The molecule has 1 heterocycles. The molecule has 0 radical (unpaired) electrons. The second kappa shape index (κ2) is 6.66. The Balaban J connectivity index is 1.93. The smallest absolute Gasteiger partial charge is 0.268 e. The molecule has 2 nitrogen and oxygen atoms in total. The molecule has 0 spiro atoms. The van der Waals surface area contributed by atoms with Crippen LogP contribution in [0.25, 0.3) is 6.08 Å². The molecule has 1 aliphatic heterocycles. The van der Waals surface area contributed by atoms with Gasteiger partial charge in [0, 0.05) is 8.95 Å².